The third kappa shape index (κ3) is 4.92. The van der Waals surface area contributed by atoms with E-state index in [1.165, 1.54) is 69.2 Å². The van der Waals surface area contributed by atoms with E-state index in [1.807, 2.05) is 6.20 Å². The van der Waals surface area contributed by atoms with E-state index in [2.05, 4.69) is 61.7 Å². The second-order valence-electron chi connectivity index (χ2n) is 9.80. The highest BCUT2D eigenvalue weighted by molar-refractivity contribution is 5.28. The highest BCUT2D eigenvalue weighted by Gasteiger charge is 2.33. The first-order valence-electron chi connectivity index (χ1n) is 11.4. The Balaban J connectivity index is 1.81. The lowest BCUT2D eigenvalue weighted by Gasteiger charge is -2.45. The fraction of sp³-hybridized carbons (Fsp3) is 0.792. The molecule has 2 saturated heterocycles. The van der Waals surface area contributed by atoms with Crippen LogP contribution in [0.15, 0.2) is 18.5 Å². The summed E-state index contributed by atoms with van der Waals surface area (Å²) in [4.78, 5) is 10.0. The van der Waals surface area contributed by atoms with Crippen molar-refractivity contribution in [2.75, 3.05) is 13.1 Å². The second-order valence-corrected chi connectivity index (χ2v) is 9.80. The van der Waals surface area contributed by atoms with Gasteiger partial charge in [0.25, 0.3) is 0 Å². The summed E-state index contributed by atoms with van der Waals surface area (Å²) in [5.41, 5.74) is 3.24. The van der Waals surface area contributed by atoms with Crippen molar-refractivity contribution in [2.24, 2.45) is 0 Å². The molecule has 0 aliphatic carbocycles. The van der Waals surface area contributed by atoms with Crippen molar-refractivity contribution in [1.29, 1.82) is 0 Å². The van der Waals surface area contributed by atoms with Crippen LogP contribution in [0.2, 0.25) is 0 Å². The Morgan fingerprint density at radius 3 is 2.59 bits per heavy atom. The van der Waals surface area contributed by atoms with Crippen LogP contribution in [0.25, 0.3) is 0 Å². The Bertz CT molecular complexity index is 592. The zero-order chi connectivity index (χ0) is 19.4. The maximum Gasteiger partial charge on any atom is 0.0357 e. The van der Waals surface area contributed by atoms with Crippen LogP contribution in [-0.4, -0.2) is 45.5 Å². The molecule has 2 aliphatic heterocycles. The molecule has 0 N–H and O–H groups in total. The summed E-state index contributed by atoms with van der Waals surface area (Å²) in [6.07, 6.45) is 14.7. The molecule has 27 heavy (non-hydrogen) atoms. The maximum atomic E-state index is 4.53. The Kier molecular flexibility index (Phi) is 6.97. The summed E-state index contributed by atoms with van der Waals surface area (Å²) in [6, 6.07) is 4.23. The number of rotatable bonds is 5. The Hall–Kier alpha value is -0.930. The van der Waals surface area contributed by atoms with Crippen molar-refractivity contribution >= 4 is 0 Å². The quantitative estimate of drug-likeness (QED) is 0.671. The topological polar surface area (TPSA) is 19.4 Å². The molecular weight excluding hydrogens is 330 g/mol. The van der Waals surface area contributed by atoms with E-state index >= 15 is 0 Å². The third-order valence-corrected chi connectivity index (χ3v) is 6.89. The van der Waals surface area contributed by atoms with Crippen LogP contribution < -0.4 is 0 Å². The third-order valence-electron chi connectivity index (χ3n) is 6.89. The minimum atomic E-state index is 0.220. The predicted molar refractivity (Wildman–Crippen MR) is 115 cm³/mol. The first kappa shape index (κ1) is 20.8. The molecule has 0 aromatic carbocycles. The van der Waals surface area contributed by atoms with Gasteiger partial charge in [-0.3, -0.25) is 14.8 Å². The fourth-order valence-corrected chi connectivity index (χ4v) is 5.47. The smallest absolute Gasteiger partial charge is 0.0357 e. The molecule has 3 heteroatoms. The predicted octanol–water partition coefficient (Wildman–Crippen LogP) is 5.60. The van der Waals surface area contributed by atoms with Crippen molar-refractivity contribution in [3.05, 3.63) is 29.6 Å². The summed E-state index contributed by atoms with van der Waals surface area (Å²) in [7, 11) is 0. The van der Waals surface area contributed by atoms with Gasteiger partial charge in [0.1, 0.15) is 0 Å². The van der Waals surface area contributed by atoms with Crippen LogP contribution in [-0.2, 0) is 6.42 Å². The van der Waals surface area contributed by atoms with Crippen LogP contribution in [0.3, 0.4) is 0 Å². The minimum Gasteiger partial charge on any atom is -0.297 e. The highest BCUT2D eigenvalue weighted by atomic mass is 15.2. The van der Waals surface area contributed by atoms with Gasteiger partial charge in [-0.05, 0) is 96.5 Å². The SMILES string of the molecule is CC[C@H]1CCCCN1C(C)Cc1cnccc1C1CCCCN1C(C)(C)C. The van der Waals surface area contributed by atoms with Gasteiger partial charge >= 0.3 is 0 Å². The molecule has 1 aromatic heterocycles. The Labute approximate surface area is 167 Å². The molecule has 3 atom stereocenters. The van der Waals surface area contributed by atoms with E-state index in [-0.39, 0.29) is 5.54 Å². The summed E-state index contributed by atoms with van der Waals surface area (Å²) in [5, 5.41) is 0. The summed E-state index contributed by atoms with van der Waals surface area (Å²) >= 11 is 0. The van der Waals surface area contributed by atoms with E-state index in [0.717, 1.165) is 12.5 Å². The van der Waals surface area contributed by atoms with Crippen LogP contribution >= 0.6 is 0 Å². The zero-order valence-electron chi connectivity index (χ0n) is 18.4. The van der Waals surface area contributed by atoms with Gasteiger partial charge in [-0.2, -0.15) is 0 Å². The second kappa shape index (κ2) is 9.05. The molecule has 0 saturated carbocycles. The van der Waals surface area contributed by atoms with Crippen LogP contribution in [0, 0.1) is 0 Å². The lowest BCUT2D eigenvalue weighted by Crippen LogP contribution is -2.47. The molecule has 0 bridgehead atoms. The van der Waals surface area contributed by atoms with Gasteiger partial charge in [-0.1, -0.05) is 19.8 Å². The van der Waals surface area contributed by atoms with Crippen molar-refractivity contribution < 1.29 is 0 Å². The molecular formula is C24H41N3. The van der Waals surface area contributed by atoms with Crippen molar-refractivity contribution in [2.45, 2.75) is 110 Å². The molecule has 2 aliphatic rings. The Morgan fingerprint density at radius 1 is 1.11 bits per heavy atom. The van der Waals surface area contributed by atoms with Crippen LogP contribution in [0.4, 0.5) is 0 Å². The molecule has 2 unspecified atom stereocenters. The molecule has 0 radical (unpaired) electrons. The first-order chi connectivity index (χ1) is 12.9. The minimum absolute atomic E-state index is 0.220. The number of likely N-dealkylation sites (tertiary alicyclic amines) is 2. The van der Waals surface area contributed by atoms with E-state index in [1.54, 1.807) is 0 Å². The van der Waals surface area contributed by atoms with Crippen LogP contribution in [0.1, 0.15) is 96.7 Å². The molecule has 0 amide bonds. The van der Waals surface area contributed by atoms with Crippen molar-refractivity contribution in [1.82, 2.24) is 14.8 Å². The molecule has 1 aromatic rings. The Morgan fingerprint density at radius 2 is 1.85 bits per heavy atom. The van der Waals surface area contributed by atoms with Gasteiger partial charge in [0.2, 0.25) is 0 Å². The van der Waals surface area contributed by atoms with Gasteiger partial charge in [-0.25, -0.2) is 0 Å². The number of nitrogens with zero attached hydrogens (tertiary/aromatic N) is 3. The van der Waals surface area contributed by atoms with Gasteiger partial charge in [-0.15, -0.1) is 0 Å². The number of hydrogen-bond donors (Lipinski definition) is 0. The highest BCUT2D eigenvalue weighted by Crippen LogP contribution is 2.37. The normalized spacial score (nSPS) is 26.9. The molecule has 152 valence electrons. The van der Waals surface area contributed by atoms with Crippen LogP contribution in [0.5, 0.6) is 0 Å². The van der Waals surface area contributed by atoms with Gasteiger partial charge in [0, 0.05) is 36.1 Å². The number of pyridine rings is 1. The summed E-state index contributed by atoms with van der Waals surface area (Å²) in [6.45, 7) is 14.4. The lowest BCUT2D eigenvalue weighted by molar-refractivity contribution is 0.0499. The largest absolute Gasteiger partial charge is 0.297 e. The average molecular weight is 372 g/mol. The van der Waals surface area contributed by atoms with E-state index in [4.69, 9.17) is 0 Å². The zero-order valence-corrected chi connectivity index (χ0v) is 18.4. The number of aromatic nitrogens is 1. The lowest BCUT2D eigenvalue weighted by atomic mass is 9.87. The van der Waals surface area contributed by atoms with Crippen molar-refractivity contribution in [3.8, 4) is 0 Å². The first-order valence-corrected chi connectivity index (χ1v) is 11.4. The van der Waals surface area contributed by atoms with Gasteiger partial charge in [0.15, 0.2) is 0 Å². The molecule has 0 spiro atoms. The molecule has 3 heterocycles. The summed E-state index contributed by atoms with van der Waals surface area (Å²) in [5.74, 6) is 0. The number of hydrogen-bond acceptors (Lipinski definition) is 3. The van der Waals surface area contributed by atoms with E-state index in [0.29, 0.717) is 12.1 Å². The van der Waals surface area contributed by atoms with Crippen molar-refractivity contribution in [3.63, 3.8) is 0 Å². The maximum absolute atomic E-state index is 4.53. The van der Waals surface area contributed by atoms with E-state index in [9.17, 15) is 0 Å². The fourth-order valence-electron chi connectivity index (χ4n) is 5.47. The van der Waals surface area contributed by atoms with Gasteiger partial charge < -0.3 is 0 Å². The van der Waals surface area contributed by atoms with E-state index < -0.39 is 0 Å². The average Bonchev–Trinajstić information content (AvgIpc) is 2.67. The molecule has 3 nitrogen and oxygen atoms in total. The molecule has 3 rings (SSSR count). The standard InChI is InChI=1S/C24H41N3/c1-6-21-11-7-9-15-26(21)19(2)17-20-18-25-14-13-22(20)23-12-8-10-16-27(23)24(3,4)5/h13-14,18-19,21,23H,6-12,15-17H2,1-5H3/t19?,21-,23?/m0/s1. The van der Waals surface area contributed by atoms with Gasteiger partial charge in [0.05, 0.1) is 0 Å². The summed E-state index contributed by atoms with van der Waals surface area (Å²) < 4.78 is 0. The molecule has 2 fully saturated rings. The monoisotopic (exact) mass is 371 g/mol. The number of piperidine rings is 2.